The Kier molecular flexibility index (Phi) is 7.80. The highest BCUT2D eigenvalue weighted by Gasteiger charge is 2.29. The normalized spacial score (nSPS) is 16.9. The lowest BCUT2D eigenvalue weighted by atomic mass is 10.2. The van der Waals surface area contributed by atoms with E-state index < -0.39 is 5.91 Å². The van der Waals surface area contributed by atoms with E-state index in [0.717, 1.165) is 35.6 Å². The fourth-order valence-electron chi connectivity index (χ4n) is 3.29. The van der Waals surface area contributed by atoms with Crippen LogP contribution in [-0.2, 0) is 9.59 Å². The lowest BCUT2D eigenvalue weighted by Crippen LogP contribution is -2.29. The Morgan fingerprint density at radius 2 is 1.94 bits per heavy atom. The Morgan fingerprint density at radius 3 is 2.62 bits per heavy atom. The van der Waals surface area contributed by atoms with Crippen LogP contribution in [0.15, 0.2) is 45.5 Å². The topological polar surface area (TPSA) is 153 Å². The Hall–Kier alpha value is -3.38. The molecule has 180 valence electrons. The van der Waals surface area contributed by atoms with Crippen LogP contribution in [0.1, 0.15) is 39.0 Å². The molecule has 11 nitrogen and oxygen atoms in total. The van der Waals surface area contributed by atoms with E-state index in [4.69, 9.17) is 5.21 Å². The smallest absolute Gasteiger partial charge is 0.243 e. The van der Waals surface area contributed by atoms with Crippen molar-refractivity contribution in [3.8, 4) is 0 Å². The number of carbonyl (C=O) groups excluding carboxylic acids is 2. The van der Waals surface area contributed by atoms with E-state index in [-0.39, 0.29) is 24.4 Å². The maximum absolute atomic E-state index is 12.0. The van der Waals surface area contributed by atoms with Crippen molar-refractivity contribution >= 4 is 46.6 Å². The summed E-state index contributed by atoms with van der Waals surface area (Å²) in [4.78, 5) is 33.3. The quantitative estimate of drug-likeness (QED) is 0.122. The van der Waals surface area contributed by atoms with E-state index in [1.165, 1.54) is 11.8 Å². The highest BCUT2D eigenvalue weighted by Crippen LogP contribution is 2.31. The lowest BCUT2D eigenvalue weighted by Gasteiger charge is -2.15. The average molecular weight is 485 g/mol. The predicted molar refractivity (Wildman–Crippen MR) is 130 cm³/mol. The molecule has 1 aliphatic carbocycles. The number of hydrogen-bond donors (Lipinski definition) is 6. The van der Waals surface area contributed by atoms with Crippen molar-refractivity contribution in [3.05, 3.63) is 30.3 Å². The van der Waals surface area contributed by atoms with E-state index in [9.17, 15) is 9.59 Å². The summed E-state index contributed by atoms with van der Waals surface area (Å²) in [6, 6.07) is 9.40. The molecule has 2 aromatic rings. The summed E-state index contributed by atoms with van der Waals surface area (Å²) in [6.07, 6.45) is 3.38. The van der Waals surface area contributed by atoms with Crippen LogP contribution in [0.2, 0.25) is 0 Å². The fraction of sp³-hybridized carbons (Fsp3) is 0.409. The van der Waals surface area contributed by atoms with Gasteiger partial charge in [0.25, 0.3) is 0 Å². The van der Waals surface area contributed by atoms with Crippen molar-refractivity contribution in [1.82, 2.24) is 20.9 Å². The number of nitrogens with zero attached hydrogens (tertiary/aromatic N) is 3. The van der Waals surface area contributed by atoms with Gasteiger partial charge in [-0.1, -0.05) is 0 Å². The third-order valence-electron chi connectivity index (χ3n) is 5.23. The SMILES string of the molecule is CC1=NNC(Nc2cc(NCCCC(=O)NO)nc(Sc3ccc(NC(=O)C4CC4)cc3)n2)C1. The summed E-state index contributed by atoms with van der Waals surface area (Å²) in [7, 11) is 0. The number of hydroxylamine groups is 1. The summed E-state index contributed by atoms with van der Waals surface area (Å²) in [5.74, 6) is 1.07. The minimum absolute atomic E-state index is 0.0526. The third kappa shape index (κ3) is 7.06. The van der Waals surface area contributed by atoms with Crippen LogP contribution in [0.4, 0.5) is 17.3 Å². The Balaban J connectivity index is 1.41. The molecule has 34 heavy (non-hydrogen) atoms. The van der Waals surface area contributed by atoms with Gasteiger partial charge in [-0.2, -0.15) is 5.10 Å². The Bertz CT molecular complexity index is 1060. The average Bonchev–Trinajstić information content (AvgIpc) is 3.60. The first-order chi connectivity index (χ1) is 16.5. The molecule has 1 aromatic carbocycles. The molecule has 0 spiro atoms. The van der Waals surface area contributed by atoms with Crippen molar-refractivity contribution in [2.45, 2.75) is 55.2 Å². The van der Waals surface area contributed by atoms with Crippen molar-refractivity contribution in [2.24, 2.45) is 11.0 Å². The molecular weight excluding hydrogens is 456 g/mol. The van der Waals surface area contributed by atoms with Crippen LogP contribution in [0.25, 0.3) is 0 Å². The molecule has 2 amide bonds. The van der Waals surface area contributed by atoms with E-state index in [0.29, 0.717) is 29.8 Å². The minimum atomic E-state index is -0.428. The molecule has 0 radical (unpaired) electrons. The van der Waals surface area contributed by atoms with E-state index >= 15 is 0 Å². The van der Waals surface area contributed by atoms with Gasteiger partial charge >= 0.3 is 0 Å². The van der Waals surface area contributed by atoms with Gasteiger partial charge in [0.05, 0.1) is 0 Å². The standard InChI is InChI=1S/C22H28N8O3S/c1-13-11-19(29-28-13)25-18-12-17(23-10-2-3-20(31)30-33)26-22(27-18)34-16-8-6-15(7-9-16)24-21(32)14-4-5-14/h6-9,12,14,19,29,33H,2-5,10-11H2,1H3,(H,24,32)(H,30,31)(H2,23,25,26,27). The summed E-state index contributed by atoms with van der Waals surface area (Å²) in [6.45, 7) is 2.47. The van der Waals surface area contributed by atoms with Gasteiger partial charge in [0.2, 0.25) is 11.8 Å². The monoisotopic (exact) mass is 484 g/mol. The molecule has 1 atom stereocenters. The zero-order chi connectivity index (χ0) is 23.9. The first-order valence-corrected chi connectivity index (χ1v) is 12.0. The highest BCUT2D eigenvalue weighted by molar-refractivity contribution is 7.99. The van der Waals surface area contributed by atoms with Gasteiger partial charge in [-0.15, -0.1) is 0 Å². The number of nitrogens with one attached hydrogen (secondary N) is 5. The number of amides is 2. The molecule has 1 fully saturated rings. The first kappa shape index (κ1) is 23.8. The van der Waals surface area contributed by atoms with E-state index in [2.05, 4.69) is 36.4 Å². The van der Waals surface area contributed by atoms with Crippen LogP contribution in [-0.4, -0.2) is 45.4 Å². The lowest BCUT2D eigenvalue weighted by molar-refractivity contribution is -0.129. The fourth-order valence-corrected chi connectivity index (χ4v) is 4.07. The molecule has 2 heterocycles. The molecule has 1 aliphatic heterocycles. The molecule has 4 rings (SSSR count). The van der Waals surface area contributed by atoms with Crippen molar-refractivity contribution in [3.63, 3.8) is 0 Å². The van der Waals surface area contributed by atoms with Crippen LogP contribution >= 0.6 is 11.8 Å². The van der Waals surface area contributed by atoms with Gasteiger partial charge in [-0.05, 0) is 62.2 Å². The molecule has 12 heteroatoms. The van der Waals surface area contributed by atoms with E-state index in [1.54, 1.807) is 5.48 Å². The van der Waals surface area contributed by atoms with Crippen LogP contribution in [0.3, 0.4) is 0 Å². The van der Waals surface area contributed by atoms with Crippen molar-refractivity contribution < 1.29 is 14.8 Å². The third-order valence-corrected chi connectivity index (χ3v) is 6.10. The molecular formula is C22H28N8O3S. The number of rotatable bonds is 11. The second-order valence-electron chi connectivity index (χ2n) is 8.25. The van der Waals surface area contributed by atoms with Crippen molar-refractivity contribution in [1.29, 1.82) is 0 Å². The zero-order valence-corrected chi connectivity index (χ0v) is 19.6. The van der Waals surface area contributed by atoms with Gasteiger partial charge in [-0.3, -0.25) is 20.2 Å². The maximum atomic E-state index is 12.0. The molecule has 1 saturated carbocycles. The summed E-state index contributed by atoms with van der Waals surface area (Å²) in [5, 5.41) is 22.8. The second-order valence-corrected chi connectivity index (χ2v) is 9.29. The summed E-state index contributed by atoms with van der Waals surface area (Å²) in [5.41, 5.74) is 6.45. The van der Waals surface area contributed by atoms with Gasteiger partial charge in [0.1, 0.15) is 17.8 Å². The Labute approximate surface area is 201 Å². The minimum Gasteiger partial charge on any atom is -0.370 e. The first-order valence-electron chi connectivity index (χ1n) is 11.2. The number of benzene rings is 1. The molecule has 1 unspecified atom stereocenters. The van der Waals surface area contributed by atoms with Crippen LogP contribution < -0.4 is 26.9 Å². The molecule has 2 aliphatic rings. The second kappa shape index (κ2) is 11.2. The van der Waals surface area contributed by atoms with E-state index in [1.807, 2.05) is 37.3 Å². The number of anilines is 3. The van der Waals surface area contributed by atoms with Crippen LogP contribution in [0.5, 0.6) is 0 Å². The van der Waals surface area contributed by atoms with Gasteiger partial charge in [-0.25, -0.2) is 15.4 Å². The molecule has 0 bridgehead atoms. The number of aromatic nitrogens is 2. The number of hydrogen-bond acceptors (Lipinski definition) is 10. The molecule has 0 saturated heterocycles. The van der Waals surface area contributed by atoms with Gasteiger partial charge in [0.15, 0.2) is 5.16 Å². The predicted octanol–water partition coefficient (Wildman–Crippen LogP) is 2.78. The number of carbonyl (C=O) groups is 2. The zero-order valence-electron chi connectivity index (χ0n) is 18.8. The maximum Gasteiger partial charge on any atom is 0.243 e. The summed E-state index contributed by atoms with van der Waals surface area (Å²) >= 11 is 1.41. The summed E-state index contributed by atoms with van der Waals surface area (Å²) < 4.78 is 0. The largest absolute Gasteiger partial charge is 0.370 e. The van der Waals surface area contributed by atoms with Gasteiger partial charge in [0, 0.05) is 47.7 Å². The van der Waals surface area contributed by atoms with Crippen molar-refractivity contribution in [2.75, 3.05) is 22.5 Å². The van der Waals surface area contributed by atoms with Gasteiger partial charge < -0.3 is 16.0 Å². The Morgan fingerprint density at radius 1 is 1.18 bits per heavy atom. The van der Waals surface area contributed by atoms with Crippen LogP contribution in [0, 0.1) is 5.92 Å². The highest BCUT2D eigenvalue weighted by atomic mass is 32.2. The molecule has 6 N–H and O–H groups in total. The number of hydrazone groups is 1. The molecule has 1 aromatic heterocycles.